The molecule has 3 aromatic rings. The Morgan fingerprint density at radius 1 is 1.16 bits per heavy atom. The molecule has 1 aliphatic heterocycles. The van der Waals surface area contributed by atoms with Gasteiger partial charge in [0.25, 0.3) is 5.91 Å². The van der Waals surface area contributed by atoms with Crippen molar-refractivity contribution >= 4 is 34.2 Å². The normalized spacial score (nSPS) is 19.8. The number of carbonyl (C=O) groups excluding carboxylic acids is 2. The summed E-state index contributed by atoms with van der Waals surface area (Å²) >= 11 is 1.74. The van der Waals surface area contributed by atoms with Crippen LogP contribution < -0.4 is 10.6 Å². The molecule has 1 saturated carbocycles. The monoisotopic (exact) mass is 535 g/mol. The van der Waals surface area contributed by atoms with Gasteiger partial charge in [0.15, 0.2) is 0 Å². The van der Waals surface area contributed by atoms with E-state index in [2.05, 4.69) is 53.5 Å². The van der Waals surface area contributed by atoms with Crippen LogP contribution in [0.3, 0.4) is 0 Å². The van der Waals surface area contributed by atoms with Gasteiger partial charge in [-0.2, -0.15) is 0 Å². The standard InChI is InChI=1S/C30H41N5O2S/c1-4-23(5-2)35-26-13-12-22(16-25(26)33-28(35)17-24-11-8-14-38-24)30(37)32-19-29(36)34-20(3)15-27(34)31-18-21-9-6-7-10-21/h8,11-14,16,20-21,23,27,31H,4-7,9-10,15,17-19H2,1-3H3,(H,32,37). The minimum atomic E-state index is -0.235. The van der Waals surface area contributed by atoms with Gasteiger partial charge in [-0.25, -0.2) is 4.98 Å². The fraction of sp³-hybridized carbons (Fsp3) is 0.567. The second kappa shape index (κ2) is 12.0. The summed E-state index contributed by atoms with van der Waals surface area (Å²) in [4.78, 5) is 34.2. The minimum absolute atomic E-state index is 0.00856. The fourth-order valence-electron chi connectivity index (χ4n) is 6.23. The number of thiophene rings is 1. The van der Waals surface area contributed by atoms with Crippen LogP contribution in [0.2, 0.25) is 0 Å². The van der Waals surface area contributed by atoms with Crippen molar-refractivity contribution in [3.8, 4) is 0 Å². The van der Waals surface area contributed by atoms with Gasteiger partial charge in [0, 0.05) is 35.4 Å². The molecule has 1 saturated heterocycles. The van der Waals surface area contributed by atoms with Crippen molar-refractivity contribution in [2.45, 2.75) is 90.4 Å². The van der Waals surface area contributed by atoms with Gasteiger partial charge in [0.2, 0.25) is 5.91 Å². The number of rotatable bonds is 11. The molecule has 2 amide bonds. The molecule has 8 heteroatoms. The summed E-state index contributed by atoms with van der Waals surface area (Å²) in [6, 6.07) is 10.5. The predicted octanol–water partition coefficient (Wildman–Crippen LogP) is 5.51. The lowest BCUT2D eigenvalue weighted by Gasteiger charge is -2.47. The van der Waals surface area contributed by atoms with Crippen LogP contribution in [0.4, 0.5) is 0 Å². The maximum atomic E-state index is 13.0. The Kier molecular flexibility index (Phi) is 8.48. The molecule has 7 nitrogen and oxygen atoms in total. The van der Waals surface area contributed by atoms with E-state index in [0.717, 1.165) is 55.0 Å². The van der Waals surface area contributed by atoms with Crippen molar-refractivity contribution in [3.05, 3.63) is 52.0 Å². The van der Waals surface area contributed by atoms with Crippen LogP contribution in [0, 0.1) is 5.92 Å². The molecule has 2 N–H and O–H groups in total. The zero-order valence-electron chi connectivity index (χ0n) is 22.9. The Bertz CT molecular complexity index is 1240. The average Bonchev–Trinajstić information content (AvgIpc) is 3.68. The molecule has 204 valence electrons. The largest absolute Gasteiger partial charge is 0.343 e. The molecule has 38 heavy (non-hydrogen) atoms. The molecule has 0 radical (unpaired) electrons. The van der Waals surface area contributed by atoms with Gasteiger partial charge in [-0.3, -0.25) is 14.9 Å². The summed E-state index contributed by atoms with van der Waals surface area (Å²) in [6.45, 7) is 7.48. The molecule has 5 rings (SSSR count). The number of imidazole rings is 1. The lowest BCUT2D eigenvalue weighted by atomic mass is 9.99. The van der Waals surface area contributed by atoms with E-state index in [0.29, 0.717) is 11.6 Å². The highest BCUT2D eigenvalue weighted by molar-refractivity contribution is 7.09. The summed E-state index contributed by atoms with van der Waals surface area (Å²) in [5.41, 5.74) is 2.42. The first-order valence-electron chi connectivity index (χ1n) is 14.3. The van der Waals surface area contributed by atoms with E-state index in [9.17, 15) is 9.59 Å². The van der Waals surface area contributed by atoms with E-state index >= 15 is 0 Å². The van der Waals surface area contributed by atoms with Gasteiger partial charge in [-0.1, -0.05) is 32.8 Å². The van der Waals surface area contributed by atoms with Crippen LogP contribution in [0.5, 0.6) is 0 Å². The Labute approximate surface area is 230 Å². The lowest BCUT2D eigenvalue weighted by molar-refractivity contribution is -0.144. The van der Waals surface area contributed by atoms with Crippen molar-refractivity contribution in [2.75, 3.05) is 13.1 Å². The smallest absolute Gasteiger partial charge is 0.251 e. The molecule has 1 aromatic carbocycles. The average molecular weight is 536 g/mol. The molecule has 1 aliphatic carbocycles. The molecule has 2 aliphatic rings. The Morgan fingerprint density at radius 3 is 2.63 bits per heavy atom. The third-order valence-electron chi connectivity index (χ3n) is 8.42. The number of nitrogens with zero attached hydrogens (tertiary/aromatic N) is 3. The number of benzene rings is 1. The van der Waals surface area contributed by atoms with Crippen LogP contribution in [-0.2, 0) is 11.2 Å². The number of likely N-dealkylation sites (tertiary alicyclic amines) is 1. The minimum Gasteiger partial charge on any atom is -0.343 e. The quantitative estimate of drug-likeness (QED) is 0.340. The second-order valence-corrected chi connectivity index (χ2v) is 12.0. The summed E-state index contributed by atoms with van der Waals surface area (Å²) in [6.07, 6.45) is 9.10. The zero-order chi connectivity index (χ0) is 26.6. The number of hydrogen-bond donors (Lipinski definition) is 2. The molecule has 2 unspecified atom stereocenters. The molecule has 0 bridgehead atoms. The van der Waals surface area contributed by atoms with E-state index in [-0.39, 0.29) is 30.6 Å². The number of hydrogen-bond acceptors (Lipinski definition) is 5. The van der Waals surface area contributed by atoms with Gasteiger partial charge < -0.3 is 14.8 Å². The summed E-state index contributed by atoms with van der Waals surface area (Å²) < 4.78 is 2.35. The molecule has 0 spiro atoms. The number of nitrogens with one attached hydrogen (secondary N) is 2. The third-order valence-corrected chi connectivity index (χ3v) is 9.30. The molecule has 2 aromatic heterocycles. The van der Waals surface area contributed by atoms with E-state index < -0.39 is 0 Å². The van der Waals surface area contributed by atoms with Gasteiger partial charge in [-0.15, -0.1) is 11.3 Å². The highest BCUT2D eigenvalue weighted by atomic mass is 32.1. The van der Waals surface area contributed by atoms with Crippen LogP contribution in [0.15, 0.2) is 35.7 Å². The van der Waals surface area contributed by atoms with Gasteiger partial charge >= 0.3 is 0 Å². The Morgan fingerprint density at radius 2 is 1.95 bits per heavy atom. The number of fused-ring (bicyclic) bond motifs is 1. The molecular formula is C30H41N5O2S. The Balaban J connectivity index is 1.25. The van der Waals surface area contributed by atoms with E-state index in [1.807, 2.05) is 23.1 Å². The predicted molar refractivity (Wildman–Crippen MR) is 153 cm³/mol. The number of aromatic nitrogens is 2. The van der Waals surface area contributed by atoms with E-state index in [4.69, 9.17) is 4.98 Å². The lowest BCUT2D eigenvalue weighted by Crippen LogP contribution is -2.65. The first kappa shape index (κ1) is 26.9. The van der Waals surface area contributed by atoms with Gasteiger partial charge in [0.05, 0.1) is 23.7 Å². The SMILES string of the molecule is CCC(CC)n1c(Cc2cccs2)nc2cc(C(=O)NCC(=O)N3C(C)CC3NCC3CCCC3)ccc21. The first-order chi connectivity index (χ1) is 18.5. The summed E-state index contributed by atoms with van der Waals surface area (Å²) in [5, 5.41) is 8.54. The maximum Gasteiger partial charge on any atom is 0.251 e. The first-order valence-corrected chi connectivity index (χ1v) is 15.2. The third kappa shape index (κ3) is 5.66. The van der Waals surface area contributed by atoms with Gasteiger partial charge in [0.1, 0.15) is 5.82 Å². The highest BCUT2D eigenvalue weighted by Crippen LogP contribution is 2.29. The second-order valence-electron chi connectivity index (χ2n) is 11.0. The van der Waals surface area contributed by atoms with Crippen LogP contribution in [0.25, 0.3) is 11.0 Å². The van der Waals surface area contributed by atoms with Crippen molar-refractivity contribution in [3.63, 3.8) is 0 Å². The van der Waals surface area contributed by atoms with Crippen LogP contribution in [-0.4, -0.2) is 51.6 Å². The molecule has 2 atom stereocenters. The fourth-order valence-corrected chi connectivity index (χ4v) is 6.93. The van der Waals surface area contributed by atoms with E-state index in [1.165, 1.54) is 30.6 Å². The van der Waals surface area contributed by atoms with Crippen molar-refractivity contribution in [1.82, 2.24) is 25.1 Å². The number of amides is 2. The van der Waals surface area contributed by atoms with Gasteiger partial charge in [-0.05, 0) is 74.7 Å². The zero-order valence-corrected chi connectivity index (χ0v) is 23.7. The maximum absolute atomic E-state index is 13.0. The molecular weight excluding hydrogens is 494 g/mol. The van der Waals surface area contributed by atoms with Crippen LogP contribution >= 0.6 is 11.3 Å². The molecule has 3 heterocycles. The number of carbonyl (C=O) groups is 2. The Hall–Kier alpha value is -2.71. The van der Waals surface area contributed by atoms with Crippen molar-refractivity contribution in [1.29, 1.82) is 0 Å². The topological polar surface area (TPSA) is 79.3 Å². The van der Waals surface area contributed by atoms with Crippen LogP contribution in [0.1, 0.15) is 92.8 Å². The van der Waals surface area contributed by atoms with Crippen molar-refractivity contribution < 1.29 is 9.59 Å². The van der Waals surface area contributed by atoms with E-state index in [1.54, 1.807) is 11.3 Å². The summed E-state index contributed by atoms with van der Waals surface area (Å²) in [5.74, 6) is 1.50. The summed E-state index contributed by atoms with van der Waals surface area (Å²) in [7, 11) is 0. The van der Waals surface area contributed by atoms with Crippen molar-refractivity contribution in [2.24, 2.45) is 5.92 Å². The highest BCUT2D eigenvalue weighted by Gasteiger charge is 2.38. The molecule has 2 fully saturated rings.